The highest BCUT2D eigenvalue weighted by Gasteiger charge is 2.51. The lowest BCUT2D eigenvalue weighted by Crippen LogP contribution is -2.48. The van der Waals surface area contributed by atoms with Gasteiger partial charge in [0.2, 0.25) is 5.91 Å². The Bertz CT molecular complexity index is 634. The van der Waals surface area contributed by atoms with E-state index in [2.05, 4.69) is 6.07 Å². The Hall–Kier alpha value is -1.88. The fourth-order valence-corrected chi connectivity index (χ4v) is 3.64. The van der Waals surface area contributed by atoms with Crippen molar-refractivity contribution < 1.29 is 19.4 Å². The number of piperidine rings is 1. The molecule has 5 heteroatoms. The molecule has 2 fully saturated rings. The molecule has 0 unspecified atom stereocenters. The van der Waals surface area contributed by atoms with Gasteiger partial charge in [-0.1, -0.05) is 29.8 Å². The van der Waals surface area contributed by atoms with Crippen LogP contribution in [0.3, 0.4) is 0 Å². The van der Waals surface area contributed by atoms with E-state index in [0.717, 1.165) is 5.56 Å². The summed E-state index contributed by atoms with van der Waals surface area (Å²) in [4.78, 5) is 25.7. The summed E-state index contributed by atoms with van der Waals surface area (Å²) in [7, 11) is 1.36. The van der Waals surface area contributed by atoms with Gasteiger partial charge in [-0.05, 0) is 31.7 Å². The molecule has 24 heavy (non-hydrogen) atoms. The summed E-state index contributed by atoms with van der Waals surface area (Å²) in [5, 5.41) is 10.8. The van der Waals surface area contributed by atoms with Gasteiger partial charge in [0.15, 0.2) is 0 Å². The molecule has 0 spiro atoms. The molecular formula is C19H25NO4. The molecule has 0 radical (unpaired) electrons. The van der Waals surface area contributed by atoms with Crippen LogP contribution in [0.2, 0.25) is 0 Å². The van der Waals surface area contributed by atoms with Crippen molar-refractivity contribution >= 4 is 11.9 Å². The second-order valence-electron chi connectivity index (χ2n) is 7.19. The van der Waals surface area contributed by atoms with Crippen LogP contribution in [0.5, 0.6) is 0 Å². The van der Waals surface area contributed by atoms with E-state index in [1.54, 1.807) is 4.90 Å². The lowest BCUT2D eigenvalue weighted by Gasteiger charge is -2.38. The van der Waals surface area contributed by atoms with Crippen molar-refractivity contribution in [1.82, 2.24) is 4.90 Å². The number of esters is 1. The van der Waals surface area contributed by atoms with Crippen molar-refractivity contribution in [3.8, 4) is 0 Å². The number of hydrogen-bond donors (Lipinski definition) is 1. The zero-order chi connectivity index (χ0) is 17.3. The number of benzene rings is 1. The maximum atomic E-state index is 12.4. The molecule has 1 aliphatic heterocycles. The summed E-state index contributed by atoms with van der Waals surface area (Å²) in [6.45, 7) is 3.14. The van der Waals surface area contributed by atoms with Crippen molar-refractivity contribution in [2.45, 2.75) is 38.2 Å². The van der Waals surface area contributed by atoms with Crippen LogP contribution in [0.25, 0.3) is 0 Å². The van der Waals surface area contributed by atoms with Gasteiger partial charge < -0.3 is 14.7 Å². The van der Waals surface area contributed by atoms with Gasteiger partial charge in [0.05, 0.1) is 24.5 Å². The molecule has 2 aliphatic rings. The number of nitrogens with zero attached hydrogens (tertiary/aromatic N) is 1. The number of carbonyl (C=O) groups excluding carboxylic acids is 2. The molecule has 1 aliphatic carbocycles. The molecular weight excluding hydrogens is 306 g/mol. The number of aliphatic hydroxyl groups is 1. The monoisotopic (exact) mass is 331 g/mol. The number of aryl methyl sites for hydroxylation is 1. The fraction of sp³-hybridized carbons (Fsp3) is 0.579. The zero-order valence-corrected chi connectivity index (χ0v) is 14.3. The average molecular weight is 331 g/mol. The Kier molecular flexibility index (Phi) is 4.63. The Morgan fingerprint density at radius 3 is 2.62 bits per heavy atom. The maximum Gasteiger partial charge on any atom is 0.309 e. The number of amides is 1. The highest BCUT2D eigenvalue weighted by molar-refractivity contribution is 5.90. The van der Waals surface area contributed by atoms with Gasteiger partial charge in [-0.2, -0.15) is 0 Å². The maximum absolute atomic E-state index is 12.4. The van der Waals surface area contributed by atoms with E-state index < -0.39 is 5.60 Å². The first-order valence-electron chi connectivity index (χ1n) is 8.56. The third-order valence-corrected chi connectivity index (χ3v) is 5.23. The first-order chi connectivity index (χ1) is 11.4. The van der Waals surface area contributed by atoms with Gasteiger partial charge in [-0.25, -0.2) is 0 Å². The summed E-state index contributed by atoms with van der Waals surface area (Å²) in [5.41, 5.74) is 1.56. The number of hydrogen-bond acceptors (Lipinski definition) is 4. The largest absolute Gasteiger partial charge is 0.469 e. The average Bonchev–Trinajstić information content (AvgIpc) is 3.34. The van der Waals surface area contributed by atoms with Crippen LogP contribution in [0.1, 0.15) is 30.4 Å². The van der Waals surface area contributed by atoms with Crippen molar-refractivity contribution in [1.29, 1.82) is 0 Å². The Morgan fingerprint density at radius 2 is 2.00 bits per heavy atom. The number of ether oxygens (including phenoxy) is 1. The SMILES string of the molecule is COC(=O)[C@H]1C[C@H]1C(=O)N1CCC(O)(Cc2cccc(C)c2)CC1. The second-order valence-corrected chi connectivity index (χ2v) is 7.19. The van der Waals surface area contributed by atoms with Crippen molar-refractivity contribution in [3.05, 3.63) is 35.4 Å². The summed E-state index contributed by atoms with van der Waals surface area (Å²) in [5.74, 6) is -0.750. The van der Waals surface area contributed by atoms with E-state index in [9.17, 15) is 14.7 Å². The summed E-state index contributed by atoms with van der Waals surface area (Å²) < 4.78 is 4.70. The molecule has 3 rings (SSSR count). The van der Waals surface area contributed by atoms with Crippen LogP contribution in [-0.4, -0.2) is 47.7 Å². The van der Waals surface area contributed by atoms with Crippen LogP contribution in [0.15, 0.2) is 24.3 Å². The first-order valence-corrected chi connectivity index (χ1v) is 8.56. The molecule has 1 N–H and O–H groups in total. The normalized spacial score (nSPS) is 25.2. The molecule has 130 valence electrons. The predicted octanol–water partition coefficient (Wildman–Crippen LogP) is 1.70. The lowest BCUT2D eigenvalue weighted by atomic mass is 9.85. The number of rotatable bonds is 4. The van der Waals surface area contributed by atoms with E-state index in [1.807, 2.05) is 25.1 Å². The predicted molar refractivity (Wildman–Crippen MR) is 89.3 cm³/mol. The molecule has 1 heterocycles. The third kappa shape index (κ3) is 3.61. The Balaban J connectivity index is 1.54. The third-order valence-electron chi connectivity index (χ3n) is 5.23. The second kappa shape index (κ2) is 6.55. The summed E-state index contributed by atoms with van der Waals surface area (Å²) in [6.07, 6.45) is 2.35. The molecule has 2 atom stereocenters. The highest BCUT2D eigenvalue weighted by Crippen LogP contribution is 2.41. The van der Waals surface area contributed by atoms with Gasteiger partial charge >= 0.3 is 5.97 Å². The zero-order valence-electron chi connectivity index (χ0n) is 14.3. The first kappa shape index (κ1) is 17.0. The molecule has 1 aromatic carbocycles. The number of likely N-dealkylation sites (tertiary alicyclic amines) is 1. The molecule has 1 amide bonds. The molecule has 0 bridgehead atoms. The molecule has 0 aromatic heterocycles. The summed E-state index contributed by atoms with van der Waals surface area (Å²) in [6, 6.07) is 8.18. The van der Waals surface area contributed by atoms with E-state index in [4.69, 9.17) is 4.74 Å². The van der Waals surface area contributed by atoms with E-state index in [0.29, 0.717) is 38.8 Å². The van der Waals surface area contributed by atoms with Crippen molar-refractivity contribution in [3.63, 3.8) is 0 Å². The molecule has 1 saturated carbocycles. The van der Waals surface area contributed by atoms with Gasteiger partial charge in [-0.3, -0.25) is 9.59 Å². The van der Waals surface area contributed by atoms with Crippen LogP contribution in [0, 0.1) is 18.8 Å². The number of methoxy groups -OCH3 is 1. The van der Waals surface area contributed by atoms with Crippen LogP contribution in [-0.2, 0) is 20.7 Å². The fourth-order valence-electron chi connectivity index (χ4n) is 3.64. The standard InChI is InChI=1S/C19H25NO4/c1-13-4-3-5-14(10-13)12-19(23)6-8-20(9-7-19)17(21)15-11-16(15)18(22)24-2/h3-5,10,15-16,23H,6-9,11-12H2,1-2H3/t15-,16+/m1/s1. The van der Waals surface area contributed by atoms with Gasteiger partial charge in [0, 0.05) is 19.5 Å². The number of carbonyl (C=O) groups is 2. The quantitative estimate of drug-likeness (QED) is 0.853. The van der Waals surface area contributed by atoms with Crippen LogP contribution in [0.4, 0.5) is 0 Å². The van der Waals surface area contributed by atoms with Gasteiger partial charge in [0.25, 0.3) is 0 Å². The minimum atomic E-state index is -0.754. The van der Waals surface area contributed by atoms with Gasteiger partial charge in [0.1, 0.15) is 0 Å². The molecule has 1 aromatic rings. The Labute approximate surface area is 142 Å². The van der Waals surface area contributed by atoms with Crippen molar-refractivity contribution in [2.24, 2.45) is 11.8 Å². The lowest BCUT2D eigenvalue weighted by molar-refractivity contribution is -0.145. The topological polar surface area (TPSA) is 66.8 Å². The van der Waals surface area contributed by atoms with Crippen LogP contribution < -0.4 is 0 Å². The summed E-state index contributed by atoms with van der Waals surface area (Å²) >= 11 is 0. The van der Waals surface area contributed by atoms with E-state index >= 15 is 0 Å². The van der Waals surface area contributed by atoms with Crippen molar-refractivity contribution in [2.75, 3.05) is 20.2 Å². The van der Waals surface area contributed by atoms with E-state index in [-0.39, 0.29) is 23.7 Å². The Morgan fingerprint density at radius 1 is 1.29 bits per heavy atom. The van der Waals surface area contributed by atoms with Gasteiger partial charge in [-0.15, -0.1) is 0 Å². The molecule has 1 saturated heterocycles. The molecule has 5 nitrogen and oxygen atoms in total. The van der Waals surface area contributed by atoms with Crippen LogP contribution >= 0.6 is 0 Å². The highest BCUT2D eigenvalue weighted by atomic mass is 16.5. The smallest absolute Gasteiger partial charge is 0.309 e. The van der Waals surface area contributed by atoms with E-state index in [1.165, 1.54) is 12.7 Å². The minimum Gasteiger partial charge on any atom is -0.469 e. The minimum absolute atomic E-state index is 0.0306.